The van der Waals surface area contributed by atoms with Crippen LogP contribution in [0.4, 0.5) is 11.4 Å². The van der Waals surface area contributed by atoms with E-state index in [-0.39, 0.29) is 34.3 Å². The summed E-state index contributed by atoms with van der Waals surface area (Å²) in [4.78, 5) is 26.4. The van der Waals surface area contributed by atoms with Gasteiger partial charge in [-0.3, -0.25) is 4.79 Å². The Hall–Kier alpha value is -4.72. The highest BCUT2D eigenvalue weighted by molar-refractivity contribution is 6.07. The lowest BCUT2D eigenvalue weighted by Gasteiger charge is -2.32. The molecule has 4 aromatic rings. The van der Waals surface area contributed by atoms with Gasteiger partial charge in [0.15, 0.2) is 6.23 Å². The van der Waals surface area contributed by atoms with Crippen LogP contribution < -0.4 is 10.1 Å². The molecule has 0 spiro atoms. The van der Waals surface area contributed by atoms with Crippen molar-refractivity contribution in [3.05, 3.63) is 95.1 Å². The molecule has 8 nitrogen and oxygen atoms in total. The van der Waals surface area contributed by atoms with Crippen molar-refractivity contribution in [1.82, 2.24) is 5.32 Å². The van der Waals surface area contributed by atoms with Gasteiger partial charge in [-0.1, -0.05) is 103 Å². The first-order chi connectivity index (χ1) is 22.9. The van der Waals surface area contributed by atoms with Crippen LogP contribution in [0.3, 0.4) is 0 Å². The standard InChI is InChI=1S/C40H49N3O5/c1-9-17-35(48-34-23-22-26(39(5,6)10-2)24-31(34)40(7,8)11-3)41-37(45)30-25-33(27-18-13-14-19-28(27)36(30)44)43-42-32-21-16-15-20-29(32)38(46)47-12-4/h13-16,18-25,35,44H,9-12,17H2,1-8H3,(H,41,45)/b43-42+. The van der Waals surface area contributed by atoms with Crippen molar-refractivity contribution in [3.63, 3.8) is 0 Å². The number of nitrogens with one attached hydrogen (secondary N) is 1. The smallest absolute Gasteiger partial charge is 0.340 e. The number of azo groups is 1. The second-order valence-electron chi connectivity index (χ2n) is 13.3. The number of amides is 1. The fraction of sp³-hybridized carbons (Fsp3) is 0.400. The number of ether oxygens (including phenoxy) is 2. The van der Waals surface area contributed by atoms with Crippen LogP contribution in [0, 0.1) is 0 Å². The monoisotopic (exact) mass is 651 g/mol. The zero-order valence-corrected chi connectivity index (χ0v) is 29.5. The number of fused-ring (bicyclic) bond motifs is 1. The number of phenolic OH excluding ortho intramolecular Hbond substituents is 1. The molecule has 0 saturated carbocycles. The van der Waals surface area contributed by atoms with E-state index in [1.54, 1.807) is 49.4 Å². The van der Waals surface area contributed by atoms with E-state index in [0.29, 0.717) is 28.6 Å². The third kappa shape index (κ3) is 8.04. The Morgan fingerprint density at radius 1 is 0.792 bits per heavy atom. The minimum Gasteiger partial charge on any atom is -0.506 e. The fourth-order valence-electron chi connectivity index (χ4n) is 5.42. The van der Waals surface area contributed by atoms with E-state index in [4.69, 9.17) is 9.47 Å². The predicted octanol–water partition coefficient (Wildman–Crippen LogP) is 10.4. The molecule has 254 valence electrons. The second-order valence-corrected chi connectivity index (χ2v) is 13.3. The molecule has 0 fully saturated rings. The number of hydrogen-bond donors (Lipinski definition) is 2. The van der Waals surface area contributed by atoms with Gasteiger partial charge in [-0.05, 0) is 60.4 Å². The summed E-state index contributed by atoms with van der Waals surface area (Å²) in [6.07, 6.45) is 2.60. The van der Waals surface area contributed by atoms with Crippen LogP contribution in [0.1, 0.15) is 113 Å². The molecule has 0 aromatic heterocycles. The first-order valence-electron chi connectivity index (χ1n) is 16.9. The molecule has 1 atom stereocenters. The summed E-state index contributed by atoms with van der Waals surface area (Å²) in [5.74, 6) is -0.434. The average molecular weight is 652 g/mol. The summed E-state index contributed by atoms with van der Waals surface area (Å²) < 4.78 is 11.8. The van der Waals surface area contributed by atoms with E-state index in [1.807, 2.05) is 19.1 Å². The molecule has 0 heterocycles. The van der Waals surface area contributed by atoms with E-state index >= 15 is 0 Å². The Balaban J connectivity index is 1.71. The van der Waals surface area contributed by atoms with Crippen molar-refractivity contribution in [3.8, 4) is 11.5 Å². The molecular weight excluding hydrogens is 602 g/mol. The lowest BCUT2D eigenvalue weighted by atomic mass is 9.76. The van der Waals surface area contributed by atoms with Gasteiger partial charge in [0.05, 0.1) is 23.4 Å². The fourth-order valence-corrected chi connectivity index (χ4v) is 5.42. The molecule has 0 radical (unpaired) electrons. The number of nitrogens with zero attached hydrogens (tertiary/aromatic N) is 2. The van der Waals surface area contributed by atoms with E-state index in [1.165, 1.54) is 11.6 Å². The van der Waals surface area contributed by atoms with Crippen LogP contribution in [0.2, 0.25) is 0 Å². The maximum absolute atomic E-state index is 13.9. The molecule has 1 amide bonds. The number of benzene rings is 4. The van der Waals surface area contributed by atoms with Crippen LogP contribution >= 0.6 is 0 Å². The number of rotatable bonds is 14. The zero-order chi connectivity index (χ0) is 35.1. The van der Waals surface area contributed by atoms with Crippen LogP contribution in [0.25, 0.3) is 10.8 Å². The number of carbonyl (C=O) groups is 2. The quantitative estimate of drug-likeness (QED) is 0.0801. The van der Waals surface area contributed by atoms with Crippen molar-refractivity contribution < 1.29 is 24.2 Å². The second kappa shape index (κ2) is 15.5. The average Bonchev–Trinajstić information content (AvgIpc) is 3.08. The van der Waals surface area contributed by atoms with E-state index < -0.39 is 18.1 Å². The molecular formula is C40H49N3O5. The van der Waals surface area contributed by atoms with E-state index in [2.05, 4.69) is 69.2 Å². The van der Waals surface area contributed by atoms with Gasteiger partial charge in [-0.2, -0.15) is 0 Å². The summed E-state index contributed by atoms with van der Waals surface area (Å²) >= 11 is 0. The van der Waals surface area contributed by atoms with Gasteiger partial charge in [0, 0.05) is 22.8 Å². The van der Waals surface area contributed by atoms with Gasteiger partial charge < -0.3 is 19.9 Å². The summed E-state index contributed by atoms with van der Waals surface area (Å²) in [6.45, 7) is 17.3. The zero-order valence-electron chi connectivity index (χ0n) is 29.5. The molecule has 48 heavy (non-hydrogen) atoms. The number of phenols is 1. The highest BCUT2D eigenvalue weighted by Crippen LogP contribution is 2.40. The van der Waals surface area contributed by atoms with Gasteiger partial charge in [0.2, 0.25) is 0 Å². The summed E-state index contributed by atoms with van der Waals surface area (Å²) in [6, 6.07) is 21.8. The largest absolute Gasteiger partial charge is 0.506 e. The third-order valence-corrected chi connectivity index (χ3v) is 9.27. The van der Waals surface area contributed by atoms with Crippen LogP contribution in [-0.2, 0) is 15.6 Å². The van der Waals surface area contributed by atoms with Gasteiger partial charge in [-0.15, -0.1) is 10.2 Å². The third-order valence-electron chi connectivity index (χ3n) is 9.27. The molecule has 0 aliphatic rings. The molecule has 0 aliphatic heterocycles. The van der Waals surface area contributed by atoms with E-state index in [0.717, 1.165) is 30.6 Å². The predicted molar refractivity (Wildman–Crippen MR) is 192 cm³/mol. The van der Waals surface area contributed by atoms with E-state index in [9.17, 15) is 14.7 Å². The van der Waals surface area contributed by atoms with Crippen molar-refractivity contribution >= 4 is 34.0 Å². The lowest BCUT2D eigenvalue weighted by Crippen LogP contribution is -2.39. The van der Waals surface area contributed by atoms with Crippen LogP contribution in [-0.4, -0.2) is 29.8 Å². The summed E-state index contributed by atoms with van der Waals surface area (Å²) in [5, 5.41) is 24.2. The molecule has 8 heteroatoms. The lowest BCUT2D eigenvalue weighted by molar-refractivity contribution is 0.0527. The van der Waals surface area contributed by atoms with Crippen molar-refractivity contribution in [1.29, 1.82) is 0 Å². The summed E-state index contributed by atoms with van der Waals surface area (Å²) in [7, 11) is 0. The van der Waals surface area contributed by atoms with Gasteiger partial charge in [-0.25, -0.2) is 4.79 Å². The van der Waals surface area contributed by atoms with Crippen molar-refractivity contribution in [2.45, 2.75) is 98.1 Å². The highest BCUT2D eigenvalue weighted by Gasteiger charge is 2.28. The number of aromatic hydroxyl groups is 1. The van der Waals surface area contributed by atoms with Gasteiger partial charge in [0.1, 0.15) is 17.2 Å². The SMILES string of the molecule is CCCC(NC(=O)c1cc(/N=N/c2ccccc2C(=O)OCC)c2ccccc2c1O)Oc1ccc(C(C)(C)CC)cc1C(C)(C)CC. The number of hydrogen-bond acceptors (Lipinski definition) is 7. The van der Waals surface area contributed by atoms with Crippen molar-refractivity contribution in [2.75, 3.05) is 6.61 Å². The van der Waals surface area contributed by atoms with Gasteiger partial charge in [0.25, 0.3) is 5.91 Å². The molecule has 0 bridgehead atoms. The first-order valence-corrected chi connectivity index (χ1v) is 16.9. The normalized spacial score (nSPS) is 12.7. The maximum Gasteiger partial charge on any atom is 0.340 e. The molecule has 1 unspecified atom stereocenters. The molecule has 2 N–H and O–H groups in total. The Morgan fingerprint density at radius 2 is 1.44 bits per heavy atom. The van der Waals surface area contributed by atoms with Gasteiger partial charge >= 0.3 is 5.97 Å². The highest BCUT2D eigenvalue weighted by atomic mass is 16.5. The molecule has 4 rings (SSSR count). The van der Waals surface area contributed by atoms with Crippen LogP contribution in [0.5, 0.6) is 11.5 Å². The minimum absolute atomic E-state index is 0.0116. The maximum atomic E-state index is 13.9. The Morgan fingerprint density at radius 3 is 2.10 bits per heavy atom. The topological polar surface area (TPSA) is 110 Å². The number of carbonyl (C=O) groups excluding carboxylic acids is 2. The Bertz CT molecular complexity index is 1790. The molecule has 0 aliphatic carbocycles. The van der Waals surface area contributed by atoms with Crippen molar-refractivity contribution in [2.24, 2.45) is 10.2 Å². The number of esters is 1. The molecule has 4 aromatic carbocycles. The van der Waals surface area contributed by atoms with Crippen LogP contribution in [0.15, 0.2) is 83.0 Å². The Kier molecular flexibility index (Phi) is 11.6. The first kappa shape index (κ1) is 36.1. The minimum atomic E-state index is -0.647. The summed E-state index contributed by atoms with van der Waals surface area (Å²) in [5.41, 5.74) is 3.21. The molecule has 0 saturated heterocycles. The Labute approximate surface area is 284 Å².